The number of morpholine rings is 1. The van der Waals surface area contributed by atoms with Crippen molar-refractivity contribution < 1.29 is 18.8 Å². The molecule has 0 unspecified atom stereocenters. The third-order valence-electron chi connectivity index (χ3n) is 3.49. The van der Waals surface area contributed by atoms with E-state index in [1.807, 2.05) is 24.3 Å². The Morgan fingerprint density at radius 3 is 2.44 bits per heavy atom. The minimum absolute atomic E-state index is 0.284. The number of carbonyl (C=O) groups is 1. The van der Waals surface area contributed by atoms with Crippen LogP contribution in [0.2, 0.25) is 0 Å². The van der Waals surface area contributed by atoms with E-state index >= 15 is 0 Å². The van der Waals surface area contributed by atoms with Crippen LogP contribution in [-0.2, 0) is 16.0 Å². The molecule has 18 heavy (non-hydrogen) atoms. The molecule has 1 aliphatic rings. The number of carbonyl (C=O) groups excluding carboxylic acids is 1. The Morgan fingerprint density at radius 2 is 1.89 bits per heavy atom. The van der Waals surface area contributed by atoms with Crippen LogP contribution >= 0.6 is 0 Å². The fourth-order valence-corrected chi connectivity index (χ4v) is 2.25. The molecule has 0 atom stereocenters. The summed E-state index contributed by atoms with van der Waals surface area (Å²) in [6, 6.07) is 7.66. The third kappa shape index (κ3) is 3.09. The quantitative estimate of drug-likeness (QED) is 0.601. The Morgan fingerprint density at radius 1 is 1.28 bits per heavy atom. The molecular formula is C14H20NO3+. The molecule has 98 valence electrons. The molecule has 1 fully saturated rings. The van der Waals surface area contributed by atoms with E-state index in [-0.39, 0.29) is 5.97 Å². The summed E-state index contributed by atoms with van der Waals surface area (Å²) in [6.07, 6.45) is 0. The van der Waals surface area contributed by atoms with E-state index in [0.29, 0.717) is 5.56 Å². The molecule has 1 heterocycles. The molecule has 2 rings (SSSR count). The Bertz CT molecular complexity index is 408. The predicted molar refractivity (Wildman–Crippen MR) is 68.2 cm³/mol. The second-order valence-corrected chi connectivity index (χ2v) is 5.03. The molecule has 4 nitrogen and oxygen atoms in total. The van der Waals surface area contributed by atoms with Gasteiger partial charge in [0.05, 0.1) is 32.9 Å². The zero-order chi connectivity index (χ0) is 13.0. The van der Waals surface area contributed by atoms with E-state index < -0.39 is 0 Å². The topological polar surface area (TPSA) is 35.5 Å². The average Bonchev–Trinajstić information content (AvgIpc) is 2.39. The Hall–Kier alpha value is -1.39. The van der Waals surface area contributed by atoms with Gasteiger partial charge in [-0.05, 0) is 12.1 Å². The summed E-state index contributed by atoms with van der Waals surface area (Å²) >= 11 is 0. The summed E-state index contributed by atoms with van der Waals surface area (Å²) in [5.41, 5.74) is 1.85. The number of hydrogen-bond donors (Lipinski definition) is 0. The van der Waals surface area contributed by atoms with Gasteiger partial charge in [0.15, 0.2) is 0 Å². The number of methoxy groups -OCH3 is 1. The van der Waals surface area contributed by atoms with Gasteiger partial charge in [0.1, 0.15) is 19.6 Å². The first kappa shape index (κ1) is 13.1. The number of esters is 1. The summed E-state index contributed by atoms with van der Waals surface area (Å²) < 4.78 is 11.1. The van der Waals surface area contributed by atoms with E-state index in [1.54, 1.807) is 0 Å². The molecule has 1 aromatic rings. The van der Waals surface area contributed by atoms with Crippen LogP contribution in [0.4, 0.5) is 0 Å². The van der Waals surface area contributed by atoms with Crippen molar-refractivity contribution in [2.45, 2.75) is 6.54 Å². The predicted octanol–water partition coefficient (Wildman–Crippen LogP) is 1.45. The highest BCUT2D eigenvalue weighted by atomic mass is 16.5. The van der Waals surface area contributed by atoms with Crippen molar-refractivity contribution in [3.05, 3.63) is 35.4 Å². The highest BCUT2D eigenvalue weighted by Crippen LogP contribution is 2.15. The van der Waals surface area contributed by atoms with Crippen LogP contribution in [0.15, 0.2) is 24.3 Å². The van der Waals surface area contributed by atoms with Gasteiger partial charge in [-0.1, -0.05) is 12.1 Å². The largest absolute Gasteiger partial charge is 0.465 e. The molecule has 1 saturated heterocycles. The lowest BCUT2D eigenvalue weighted by molar-refractivity contribution is -0.929. The first-order chi connectivity index (χ1) is 8.63. The maximum absolute atomic E-state index is 11.3. The Balaban J connectivity index is 2.03. The van der Waals surface area contributed by atoms with Crippen molar-refractivity contribution in [1.29, 1.82) is 0 Å². The Kier molecular flexibility index (Phi) is 3.99. The lowest BCUT2D eigenvalue weighted by Gasteiger charge is -2.37. The van der Waals surface area contributed by atoms with E-state index in [0.717, 1.165) is 37.3 Å². The third-order valence-corrected chi connectivity index (χ3v) is 3.49. The van der Waals surface area contributed by atoms with Crippen LogP contribution in [0.3, 0.4) is 0 Å². The lowest BCUT2D eigenvalue weighted by atomic mass is 10.1. The molecule has 0 spiro atoms. The molecule has 0 saturated carbocycles. The molecule has 1 aliphatic heterocycles. The van der Waals surface area contributed by atoms with Gasteiger partial charge in [-0.15, -0.1) is 0 Å². The number of benzene rings is 1. The van der Waals surface area contributed by atoms with Gasteiger partial charge < -0.3 is 14.0 Å². The molecule has 0 bridgehead atoms. The van der Waals surface area contributed by atoms with Gasteiger partial charge in [0.25, 0.3) is 0 Å². The molecule has 0 radical (unpaired) electrons. The van der Waals surface area contributed by atoms with Crippen molar-refractivity contribution in [2.75, 3.05) is 40.5 Å². The van der Waals surface area contributed by atoms with Crippen molar-refractivity contribution in [2.24, 2.45) is 0 Å². The fourth-order valence-electron chi connectivity index (χ4n) is 2.25. The van der Waals surface area contributed by atoms with E-state index in [4.69, 9.17) is 4.74 Å². The zero-order valence-corrected chi connectivity index (χ0v) is 11.0. The van der Waals surface area contributed by atoms with Crippen LogP contribution in [0.5, 0.6) is 0 Å². The lowest BCUT2D eigenvalue weighted by Crippen LogP contribution is -2.51. The van der Waals surface area contributed by atoms with Gasteiger partial charge >= 0.3 is 5.97 Å². The van der Waals surface area contributed by atoms with Crippen molar-refractivity contribution in [3.8, 4) is 0 Å². The van der Waals surface area contributed by atoms with Gasteiger partial charge in [-0.25, -0.2) is 4.79 Å². The van der Waals surface area contributed by atoms with Crippen molar-refractivity contribution in [1.82, 2.24) is 0 Å². The summed E-state index contributed by atoms with van der Waals surface area (Å²) in [6.45, 7) is 4.72. The van der Waals surface area contributed by atoms with Gasteiger partial charge in [0, 0.05) is 5.56 Å². The fraction of sp³-hybridized carbons (Fsp3) is 0.500. The smallest absolute Gasteiger partial charge is 0.337 e. The summed E-state index contributed by atoms with van der Waals surface area (Å²) in [5.74, 6) is -0.284. The molecule has 1 aromatic carbocycles. The zero-order valence-electron chi connectivity index (χ0n) is 11.0. The summed E-state index contributed by atoms with van der Waals surface area (Å²) in [4.78, 5) is 11.3. The second kappa shape index (κ2) is 5.50. The summed E-state index contributed by atoms with van der Waals surface area (Å²) in [5, 5.41) is 0. The maximum atomic E-state index is 11.3. The number of ether oxygens (including phenoxy) is 2. The van der Waals surface area contributed by atoms with Crippen LogP contribution in [-0.4, -0.2) is 50.9 Å². The molecule has 0 N–H and O–H groups in total. The molecule has 0 aliphatic carbocycles. The van der Waals surface area contributed by atoms with E-state index in [1.165, 1.54) is 12.7 Å². The van der Waals surface area contributed by atoms with Crippen molar-refractivity contribution >= 4 is 5.97 Å². The van der Waals surface area contributed by atoms with Crippen LogP contribution in [0.25, 0.3) is 0 Å². The van der Waals surface area contributed by atoms with E-state index in [2.05, 4.69) is 11.8 Å². The number of hydrogen-bond acceptors (Lipinski definition) is 3. The summed E-state index contributed by atoms with van der Waals surface area (Å²) in [7, 11) is 3.65. The molecule has 0 amide bonds. The minimum atomic E-state index is -0.284. The first-order valence-electron chi connectivity index (χ1n) is 6.21. The molecule has 4 heteroatoms. The van der Waals surface area contributed by atoms with Gasteiger partial charge in [-0.2, -0.15) is 0 Å². The normalized spacial score (nSPS) is 18.3. The number of likely N-dealkylation sites (N-methyl/N-ethyl adjacent to an activating group) is 1. The highest BCUT2D eigenvalue weighted by molar-refractivity contribution is 5.89. The SMILES string of the molecule is COC(=O)c1ccc(C[N+]2(C)CCOCC2)cc1. The standard InChI is InChI=1S/C14H20NO3/c1-15(7-9-18-10-8-15)11-12-3-5-13(6-4-12)14(16)17-2/h3-6H,7-11H2,1-2H3/q+1. The van der Waals surface area contributed by atoms with Crippen LogP contribution in [0, 0.1) is 0 Å². The molecule has 0 aromatic heterocycles. The van der Waals surface area contributed by atoms with Gasteiger partial charge in [0.2, 0.25) is 0 Å². The highest BCUT2D eigenvalue weighted by Gasteiger charge is 2.25. The minimum Gasteiger partial charge on any atom is -0.465 e. The molecular weight excluding hydrogens is 230 g/mol. The monoisotopic (exact) mass is 250 g/mol. The van der Waals surface area contributed by atoms with Crippen LogP contribution in [0.1, 0.15) is 15.9 Å². The number of quaternary nitrogens is 1. The average molecular weight is 250 g/mol. The Labute approximate surface area is 108 Å². The van der Waals surface area contributed by atoms with Crippen molar-refractivity contribution in [3.63, 3.8) is 0 Å². The second-order valence-electron chi connectivity index (χ2n) is 5.03. The van der Waals surface area contributed by atoms with Gasteiger partial charge in [-0.3, -0.25) is 0 Å². The van der Waals surface area contributed by atoms with Crippen LogP contribution < -0.4 is 0 Å². The maximum Gasteiger partial charge on any atom is 0.337 e. The number of nitrogens with zero attached hydrogens (tertiary/aromatic N) is 1. The van der Waals surface area contributed by atoms with E-state index in [9.17, 15) is 4.79 Å². The first-order valence-corrected chi connectivity index (χ1v) is 6.21. The number of rotatable bonds is 3.